The third-order valence-electron chi connectivity index (χ3n) is 3.31. The molecule has 1 aromatic heterocycles. The van der Waals surface area contributed by atoms with Crippen LogP contribution in [-0.2, 0) is 15.9 Å². The van der Waals surface area contributed by atoms with E-state index < -0.39 is 27.3 Å². The summed E-state index contributed by atoms with van der Waals surface area (Å²) in [4.78, 5) is 15.8. The number of rotatable bonds is 4. The Bertz CT molecular complexity index is 1050. The molecular formula is C17H11ClF3N3O2S. The van der Waals surface area contributed by atoms with Gasteiger partial charge in [-0.05, 0) is 36.4 Å². The number of aromatic nitrogens is 1. The van der Waals surface area contributed by atoms with E-state index in [1.165, 1.54) is 24.3 Å². The summed E-state index contributed by atoms with van der Waals surface area (Å²) in [6.45, 7) is 0. The van der Waals surface area contributed by atoms with Gasteiger partial charge in [0.25, 0.3) is 0 Å². The number of nitrogens with zero attached hydrogens (tertiary/aromatic N) is 3. The molecule has 2 aromatic rings. The molecule has 27 heavy (non-hydrogen) atoms. The summed E-state index contributed by atoms with van der Waals surface area (Å²) in [6.07, 6.45) is -2.06. The molecule has 1 heterocycles. The van der Waals surface area contributed by atoms with Crippen molar-refractivity contribution in [3.8, 4) is 6.07 Å². The summed E-state index contributed by atoms with van der Waals surface area (Å²) in [5.41, 5.74) is -1.20. The maximum atomic E-state index is 12.6. The van der Waals surface area contributed by atoms with Crippen molar-refractivity contribution in [1.29, 1.82) is 5.26 Å². The van der Waals surface area contributed by atoms with Gasteiger partial charge in [0.2, 0.25) is 5.78 Å². The second kappa shape index (κ2) is 7.90. The van der Waals surface area contributed by atoms with Gasteiger partial charge >= 0.3 is 6.18 Å². The average Bonchev–Trinajstić information content (AvgIpc) is 2.62. The minimum absolute atomic E-state index is 0.178. The van der Waals surface area contributed by atoms with Crippen molar-refractivity contribution in [1.82, 2.24) is 4.98 Å². The molecule has 5 nitrogen and oxygen atoms in total. The molecule has 0 saturated carbocycles. The zero-order valence-corrected chi connectivity index (χ0v) is 15.3. The SMILES string of the molecule is C[S@](=O)(=N/C=C(\C#N)C(=O)c1ccc(Cl)cc1)c1ccc(C(F)(F)F)cn1. The number of allylic oxidation sites excluding steroid dienone is 1. The standard InChI is InChI=1S/C17H11ClF3N3O2S/c1-27(26,15-7-4-13(10-23-15)17(19,20)21)24-9-12(8-22)16(25)11-2-5-14(18)6-3-11/h2-7,9-10H,1H3/b12-9+/t27-/m1/s1. The lowest BCUT2D eigenvalue weighted by molar-refractivity contribution is -0.137. The van der Waals surface area contributed by atoms with Crippen LogP contribution in [-0.4, -0.2) is 21.2 Å². The van der Waals surface area contributed by atoms with Gasteiger partial charge in [0.05, 0.1) is 21.5 Å². The van der Waals surface area contributed by atoms with Crippen molar-refractivity contribution in [3.05, 3.63) is 70.5 Å². The Balaban J connectivity index is 2.36. The first-order valence-electron chi connectivity index (χ1n) is 7.19. The van der Waals surface area contributed by atoms with E-state index in [9.17, 15) is 22.2 Å². The van der Waals surface area contributed by atoms with Crippen LogP contribution < -0.4 is 0 Å². The van der Waals surface area contributed by atoms with Gasteiger partial charge in [-0.3, -0.25) is 4.79 Å². The lowest BCUT2D eigenvalue weighted by Gasteiger charge is -2.07. The summed E-state index contributed by atoms with van der Waals surface area (Å²) >= 11 is 5.73. The minimum atomic E-state index is -4.57. The molecule has 0 aliphatic heterocycles. The van der Waals surface area contributed by atoms with Crippen LogP contribution in [0.5, 0.6) is 0 Å². The third-order valence-corrected chi connectivity index (χ3v) is 5.08. The highest BCUT2D eigenvalue weighted by Crippen LogP contribution is 2.29. The molecule has 0 saturated heterocycles. The highest BCUT2D eigenvalue weighted by Gasteiger charge is 2.31. The second-order valence-corrected chi connectivity index (χ2v) is 7.95. The molecule has 0 radical (unpaired) electrons. The third kappa shape index (κ3) is 5.15. The first-order chi connectivity index (χ1) is 12.5. The topological polar surface area (TPSA) is 83.2 Å². The van der Waals surface area contributed by atoms with Gasteiger partial charge in [-0.1, -0.05) is 11.6 Å². The predicted octanol–water partition coefficient (Wildman–Crippen LogP) is 4.50. The van der Waals surface area contributed by atoms with Gasteiger partial charge in [0.1, 0.15) is 16.7 Å². The van der Waals surface area contributed by atoms with Crippen molar-refractivity contribution in [2.24, 2.45) is 4.36 Å². The predicted molar refractivity (Wildman–Crippen MR) is 93.5 cm³/mol. The maximum absolute atomic E-state index is 12.6. The Hall–Kier alpha value is -2.70. The van der Waals surface area contributed by atoms with Crippen LogP contribution in [0.2, 0.25) is 5.02 Å². The Labute approximate surface area is 158 Å². The van der Waals surface area contributed by atoms with Crippen molar-refractivity contribution < 1.29 is 22.2 Å². The number of ketones is 1. The van der Waals surface area contributed by atoms with Crippen LogP contribution in [0.3, 0.4) is 0 Å². The highest BCUT2D eigenvalue weighted by molar-refractivity contribution is 7.92. The molecule has 1 aromatic carbocycles. The van der Waals surface area contributed by atoms with Gasteiger partial charge in [-0.25, -0.2) is 13.6 Å². The van der Waals surface area contributed by atoms with Gasteiger partial charge < -0.3 is 0 Å². The van der Waals surface area contributed by atoms with E-state index in [4.69, 9.17) is 16.9 Å². The number of carbonyl (C=O) groups excluding carboxylic acids is 1. The quantitative estimate of drug-likeness (QED) is 0.419. The van der Waals surface area contributed by atoms with Crippen molar-refractivity contribution in [3.63, 3.8) is 0 Å². The average molecular weight is 414 g/mol. The molecule has 0 fully saturated rings. The first-order valence-corrected chi connectivity index (χ1v) is 9.50. The van der Waals surface area contributed by atoms with Crippen molar-refractivity contribution in [2.75, 3.05) is 6.26 Å². The number of alkyl halides is 3. The van der Waals surface area contributed by atoms with E-state index in [0.717, 1.165) is 24.6 Å². The number of hydrogen-bond donors (Lipinski definition) is 0. The van der Waals surface area contributed by atoms with E-state index in [2.05, 4.69) is 9.35 Å². The summed E-state index contributed by atoms with van der Waals surface area (Å²) in [5, 5.41) is 9.35. The van der Waals surface area contributed by atoms with Crippen LogP contribution in [0.1, 0.15) is 15.9 Å². The van der Waals surface area contributed by atoms with Gasteiger partial charge in [0, 0.05) is 23.0 Å². The summed E-state index contributed by atoms with van der Waals surface area (Å²) in [7, 11) is -3.25. The summed E-state index contributed by atoms with van der Waals surface area (Å²) in [5.74, 6) is -0.659. The molecule has 0 N–H and O–H groups in total. The zero-order valence-electron chi connectivity index (χ0n) is 13.7. The van der Waals surface area contributed by atoms with E-state index in [1.54, 1.807) is 6.07 Å². The fraction of sp³-hybridized carbons (Fsp3) is 0.118. The van der Waals surface area contributed by atoms with E-state index >= 15 is 0 Å². The largest absolute Gasteiger partial charge is 0.417 e. The lowest BCUT2D eigenvalue weighted by atomic mass is 10.1. The molecule has 0 spiro atoms. The zero-order chi connectivity index (χ0) is 20.2. The molecule has 0 amide bonds. The van der Waals surface area contributed by atoms with E-state index in [-0.39, 0.29) is 16.2 Å². The number of pyridine rings is 1. The number of carbonyl (C=O) groups is 1. The fourth-order valence-electron chi connectivity index (χ4n) is 1.87. The monoisotopic (exact) mass is 413 g/mol. The van der Waals surface area contributed by atoms with Gasteiger partial charge in [-0.2, -0.15) is 18.4 Å². The first kappa shape index (κ1) is 20.6. The molecule has 10 heteroatoms. The molecular weight excluding hydrogens is 403 g/mol. The Morgan fingerprint density at radius 3 is 2.37 bits per heavy atom. The number of halogens is 4. The highest BCUT2D eigenvalue weighted by atomic mass is 35.5. The van der Waals surface area contributed by atoms with Crippen molar-refractivity contribution >= 4 is 27.1 Å². The number of nitriles is 1. The Kier molecular flexibility index (Phi) is 6.03. The second-order valence-electron chi connectivity index (χ2n) is 5.28. The number of hydrogen-bond acceptors (Lipinski definition) is 5. The fourth-order valence-corrected chi connectivity index (χ4v) is 2.98. The number of benzene rings is 1. The van der Waals surface area contributed by atoms with Crippen molar-refractivity contribution in [2.45, 2.75) is 11.2 Å². The smallest absolute Gasteiger partial charge is 0.288 e. The van der Waals surface area contributed by atoms with Crippen LogP contribution in [0, 0.1) is 11.3 Å². The number of Topliss-reactive ketones (excluding diaryl/α,β-unsaturated/α-hetero) is 1. The molecule has 0 aliphatic rings. The van der Waals surface area contributed by atoms with Crippen LogP contribution in [0.4, 0.5) is 13.2 Å². The molecule has 0 unspecified atom stereocenters. The molecule has 0 bridgehead atoms. The molecule has 0 aliphatic carbocycles. The Morgan fingerprint density at radius 1 is 1.26 bits per heavy atom. The lowest BCUT2D eigenvalue weighted by Crippen LogP contribution is -2.08. The maximum Gasteiger partial charge on any atom is 0.417 e. The van der Waals surface area contributed by atoms with Crippen LogP contribution in [0.25, 0.3) is 0 Å². The van der Waals surface area contributed by atoms with Gasteiger partial charge in [0.15, 0.2) is 0 Å². The molecule has 140 valence electrons. The minimum Gasteiger partial charge on any atom is -0.288 e. The van der Waals surface area contributed by atoms with E-state index in [1.807, 2.05) is 0 Å². The molecule has 2 rings (SSSR count). The van der Waals surface area contributed by atoms with E-state index in [0.29, 0.717) is 11.2 Å². The normalized spacial score (nSPS) is 14.1. The summed E-state index contributed by atoms with van der Waals surface area (Å²) < 4.78 is 54.0. The van der Waals surface area contributed by atoms with Crippen LogP contribution >= 0.6 is 11.6 Å². The van der Waals surface area contributed by atoms with Gasteiger partial charge in [-0.15, -0.1) is 0 Å². The Morgan fingerprint density at radius 2 is 1.89 bits per heavy atom. The van der Waals surface area contributed by atoms with Crippen LogP contribution in [0.15, 0.2) is 63.8 Å². The molecule has 1 atom stereocenters. The summed E-state index contributed by atoms with van der Waals surface area (Å²) in [6, 6.07) is 9.09.